The summed E-state index contributed by atoms with van der Waals surface area (Å²) in [6.45, 7) is 9.28. The van der Waals surface area contributed by atoms with Gasteiger partial charge in [0.15, 0.2) is 0 Å². The van der Waals surface area contributed by atoms with E-state index in [1.54, 1.807) is 0 Å². The third-order valence-electron chi connectivity index (χ3n) is 4.59. The van der Waals surface area contributed by atoms with Gasteiger partial charge in [0.1, 0.15) is 5.69 Å². The van der Waals surface area contributed by atoms with Gasteiger partial charge < -0.3 is 10.3 Å². The number of carbonyl (C=O) groups excluding carboxylic acids is 1. The molecule has 0 aliphatic carbocycles. The third kappa shape index (κ3) is 3.91. The molecule has 3 aromatic rings. The lowest BCUT2D eigenvalue weighted by atomic mass is 10.1. The van der Waals surface area contributed by atoms with Gasteiger partial charge in [-0.3, -0.25) is 9.69 Å². The summed E-state index contributed by atoms with van der Waals surface area (Å²) in [5.41, 5.74) is 4.76. The zero-order valence-electron chi connectivity index (χ0n) is 15.1. The molecule has 0 aliphatic rings. The molecule has 0 saturated heterocycles. The summed E-state index contributed by atoms with van der Waals surface area (Å²) >= 11 is 0. The van der Waals surface area contributed by atoms with Crippen LogP contribution in [0.2, 0.25) is 0 Å². The second-order valence-electron chi connectivity index (χ2n) is 6.34. The van der Waals surface area contributed by atoms with E-state index in [9.17, 15) is 4.79 Å². The molecule has 1 aromatic heterocycles. The molecule has 4 heteroatoms. The average molecular weight is 335 g/mol. The number of aryl methyl sites for hydroxylation is 1. The van der Waals surface area contributed by atoms with E-state index < -0.39 is 0 Å². The van der Waals surface area contributed by atoms with Crippen molar-refractivity contribution >= 4 is 22.5 Å². The second-order valence-corrected chi connectivity index (χ2v) is 6.34. The molecular weight excluding hydrogens is 310 g/mol. The summed E-state index contributed by atoms with van der Waals surface area (Å²) in [5.74, 6) is -0.115. The largest absolute Gasteiger partial charge is 0.350 e. The van der Waals surface area contributed by atoms with Gasteiger partial charge in [0, 0.05) is 23.1 Å². The fourth-order valence-electron chi connectivity index (χ4n) is 3.08. The predicted molar refractivity (Wildman–Crippen MR) is 104 cm³/mol. The molecule has 1 amide bonds. The number of anilines is 1. The maximum absolute atomic E-state index is 12.6. The predicted octanol–water partition coefficient (Wildman–Crippen LogP) is 4.57. The van der Waals surface area contributed by atoms with Gasteiger partial charge in [-0.2, -0.15) is 0 Å². The Morgan fingerprint density at radius 1 is 1.08 bits per heavy atom. The number of benzene rings is 2. The number of H-pyrrole nitrogens is 1. The van der Waals surface area contributed by atoms with Crippen LogP contribution in [-0.2, 0) is 6.54 Å². The van der Waals surface area contributed by atoms with Crippen LogP contribution in [0.4, 0.5) is 5.69 Å². The average Bonchev–Trinajstić information content (AvgIpc) is 3.06. The Balaban J connectivity index is 1.77. The van der Waals surface area contributed by atoms with Gasteiger partial charge in [0.25, 0.3) is 5.91 Å². The molecule has 0 radical (unpaired) electrons. The van der Waals surface area contributed by atoms with Crippen molar-refractivity contribution in [3.05, 3.63) is 65.4 Å². The fraction of sp³-hybridized carbons (Fsp3) is 0.286. The van der Waals surface area contributed by atoms with Gasteiger partial charge in [0.05, 0.1) is 0 Å². The Kier molecular flexibility index (Phi) is 5.19. The molecule has 0 unspecified atom stereocenters. The topological polar surface area (TPSA) is 48.1 Å². The first kappa shape index (κ1) is 17.2. The molecule has 2 N–H and O–H groups in total. The summed E-state index contributed by atoms with van der Waals surface area (Å²) in [5, 5.41) is 4.06. The summed E-state index contributed by atoms with van der Waals surface area (Å²) in [6.07, 6.45) is 0. The van der Waals surface area contributed by atoms with Crippen molar-refractivity contribution in [1.29, 1.82) is 0 Å². The van der Waals surface area contributed by atoms with Crippen LogP contribution in [0.3, 0.4) is 0 Å². The number of amides is 1. The lowest BCUT2D eigenvalue weighted by Crippen LogP contribution is -2.22. The lowest BCUT2D eigenvalue weighted by Gasteiger charge is -2.18. The first-order valence-electron chi connectivity index (χ1n) is 8.81. The Morgan fingerprint density at radius 2 is 1.84 bits per heavy atom. The normalized spacial score (nSPS) is 11.2. The highest BCUT2D eigenvalue weighted by Gasteiger charge is 2.11. The van der Waals surface area contributed by atoms with Gasteiger partial charge >= 0.3 is 0 Å². The number of aromatic nitrogens is 1. The standard InChI is InChI=1S/C21H25N3O/c1-4-24(5-2)14-16-9-7-11-18(12-16)22-21(25)19-13-17-10-6-8-15(3)20(17)23-19/h6-13,23H,4-5,14H2,1-3H3,(H,22,25). The molecule has 0 saturated carbocycles. The van der Waals surface area contributed by atoms with Gasteiger partial charge in [-0.15, -0.1) is 0 Å². The van der Waals surface area contributed by atoms with Crippen LogP contribution >= 0.6 is 0 Å². The maximum atomic E-state index is 12.6. The number of carbonyl (C=O) groups is 1. The minimum absolute atomic E-state index is 0.115. The van der Waals surface area contributed by atoms with Crippen LogP contribution in [-0.4, -0.2) is 28.9 Å². The van der Waals surface area contributed by atoms with Crippen LogP contribution in [0.25, 0.3) is 10.9 Å². The summed E-state index contributed by atoms with van der Waals surface area (Å²) < 4.78 is 0. The van der Waals surface area contributed by atoms with Crippen molar-refractivity contribution in [2.75, 3.05) is 18.4 Å². The van der Waals surface area contributed by atoms with E-state index in [-0.39, 0.29) is 5.91 Å². The number of nitrogens with one attached hydrogen (secondary N) is 2. The Labute approximate surface area is 148 Å². The highest BCUT2D eigenvalue weighted by Crippen LogP contribution is 2.20. The van der Waals surface area contributed by atoms with E-state index in [0.29, 0.717) is 5.69 Å². The van der Waals surface area contributed by atoms with Crippen LogP contribution in [0, 0.1) is 6.92 Å². The van der Waals surface area contributed by atoms with Crippen LogP contribution in [0.5, 0.6) is 0 Å². The monoisotopic (exact) mass is 335 g/mol. The molecule has 2 aromatic carbocycles. The van der Waals surface area contributed by atoms with E-state index in [1.807, 2.05) is 49.4 Å². The molecular formula is C21H25N3O. The summed E-state index contributed by atoms with van der Waals surface area (Å²) in [7, 11) is 0. The first-order valence-corrected chi connectivity index (χ1v) is 8.81. The molecule has 25 heavy (non-hydrogen) atoms. The minimum atomic E-state index is -0.115. The van der Waals surface area contributed by atoms with Crippen molar-refractivity contribution < 1.29 is 4.79 Å². The van der Waals surface area contributed by atoms with E-state index in [0.717, 1.165) is 41.8 Å². The molecule has 0 spiro atoms. The summed E-state index contributed by atoms with van der Waals surface area (Å²) in [4.78, 5) is 18.2. The van der Waals surface area contributed by atoms with Gasteiger partial charge in [0.2, 0.25) is 0 Å². The molecule has 0 fully saturated rings. The molecule has 3 rings (SSSR count). The highest BCUT2D eigenvalue weighted by molar-refractivity contribution is 6.06. The zero-order chi connectivity index (χ0) is 17.8. The number of para-hydroxylation sites is 1. The van der Waals surface area contributed by atoms with Crippen molar-refractivity contribution in [2.45, 2.75) is 27.3 Å². The number of hydrogen-bond acceptors (Lipinski definition) is 2. The molecule has 1 heterocycles. The van der Waals surface area contributed by atoms with Crippen molar-refractivity contribution in [1.82, 2.24) is 9.88 Å². The van der Waals surface area contributed by atoms with E-state index in [2.05, 4.69) is 35.1 Å². The van der Waals surface area contributed by atoms with Gasteiger partial charge in [-0.25, -0.2) is 0 Å². The van der Waals surface area contributed by atoms with E-state index >= 15 is 0 Å². The van der Waals surface area contributed by atoms with Crippen molar-refractivity contribution in [3.8, 4) is 0 Å². The van der Waals surface area contributed by atoms with Crippen LogP contribution in [0.1, 0.15) is 35.5 Å². The minimum Gasteiger partial charge on any atom is -0.350 e. The lowest BCUT2D eigenvalue weighted by molar-refractivity contribution is 0.102. The smallest absolute Gasteiger partial charge is 0.272 e. The van der Waals surface area contributed by atoms with Crippen molar-refractivity contribution in [2.24, 2.45) is 0 Å². The number of hydrogen-bond donors (Lipinski definition) is 2. The van der Waals surface area contributed by atoms with E-state index in [1.165, 1.54) is 5.56 Å². The highest BCUT2D eigenvalue weighted by atomic mass is 16.1. The molecule has 0 aliphatic heterocycles. The third-order valence-corrected chi connectivity index (χ3v) is 4.59. The van der Waals surface area contributed by atoms with Gasteiger partial charge in [-0.1, -0.05) is 44.2 Å². The van der Waals surface area contributed by atoms with Crippen LogP contribution < -0.4 is 5.32 Å². The Hall–Kier alpha value is -2.59. The number of aromatic amines is 1. The SMILES string of the molecule is CCN(CC)Cc1cccc(NC(=O)c2cc3cccc(C)c3[nH]2)c1. The molecule has 0 bridgehead atoms. The quantitative estimate of drug-likeness (QED) is 0.693. The maximum Gasteiger partial charge on any atom is 0.272 e. The number of fused-ring (bicyclic) bond motifs is 1. The number of rotatable bonds is 6. The van der Waals surface area contributed by atoms with Crippen LogP contribution in [0.15, 0.2) is 48.5 Å². The molecule has 0 atom stereocenters. The number of nitrogens with zero attached hydrogens (tertiary/aromatic N) is 1. The van der Waals surface area contributed by atoms with Gasteiger partial charge in [-0.05, 0) is 49.3 Å². The first-order chi connectivity index (χ1) is 12.1. The van der Waals surface area contributed by atoms with Crippen molar-refractivity contribution in [3.63, 3.8) is 0 Å². The van der Waals surface area contributed by atoms with E-state index in [4.69, 9.17) is 0 Å². The zero-order valence-corrected chi connectivity index (χ0v) is 15.1. The fourth-order valence-corrected chi connectivity index (χ4v) is 3.08. The molecule has 4 nitrogen and oxygen atoms in total. The molecule has 130 valence electrons. The second kappa shape index (κ2) is 7.53. The summed E-state index contributed by atoms with van der Waals surface area (Å²) in [6, 6.07) is 16.0. The Morgan fingerprint density at radius 3 is 2.56 bits per heavy atom. The Bertz CT molecular complexity index is 878.